The van der Waals surface area contributed by atoms with Crippen LogP contribution in [0.3, 0.4) is 0 Å². The predicted octanol–water partition coefficient (Wildman–Crippen LogP) is 1.57. The van der Waals surface area contributed by atoms with E-state index in [9.17, 15) is 0 Å². The first kappa shape index (κ1) is 13.8. The summed E-state index contributed by atoms with van der Waals surface area (Å²) in [6.07, 6.45) is 3.44. The van der Waals surface area contributed by atoms with Gasteiger partial charge in [-0.25, -0.2) is 4.98 Å². The van der Waals surface area contributed by atoms with Gasteiger partial charge in [0.25, 0.3) is 0 Å². The Morgan fingerprint density at radius 3 is 2.48 bits per heavy atom. The molecular weight excluding hydrogens is 262 g/mol. The van der Waals surface area contributed by atoms with Crippen LogP contribution in [-0.4, -0.2) is 36.1 Å². The summed E-state index contributed by atoms with van der Waals surface area (Å²) in [5.41, 5.74) is 9.23. The minimum Gasteiger partial charge on any atom is -0.368 e. The standard InChI is InChI=1S/C16H21N5/c1-13-3-2-4-14(11-13)20-7-9-21(10-8-20)16-15(12-17)18-5-6-19-16/h2-6,11H,7-10,12,17H2,1H3. The van der Waals surface area contributed by atoms with Crippen LogP contribution in [0.5, 0.6) is 0 Å². The highest BCUT2D eigenvalue weighted by atomic mass is 15.3. The Morgan fingerprint density at radius 1 is 1.05 bits per heavy atom. The van der Waals surface area contributed by atoms with Gasteiger partial charge in [0.2, 0.25) is 0 Å². The minimum absolute atomic E-state index is 0.432. The fourth-order valence-corrected chi connectivity index (χ4v) is 2.77. The quantitative estimate of drug-likeness (QED) is 0.926. The first-order valence-electron chi connectivity index (χ1n) is 7.34. The van der Waals surface area contributed by atoms with Crippen molar-refractivity contribution in [1.29, 1.82) is 0 Å². The molecule has 110 valence electrons. The van der Waals surface area contributed by atoms with Crippen LogP contribution in [0, 0.1) is 6.92 Å². The maximum atomic E-state index is 5.75. The molecule has 0 unspecified atom stereocenters. The number of nitrogens with zero attached hydrogens (tertiary/aromatic N) is 4. The van der Waals surface area contributed by atoms with Gasteiger partial charge < -0.3 is 15.5 Å². The fraction of sp³-hybridized carbons (Fsp3) is 0.375. The number of hydrogen-bond acceptors (Lipinski definition) is 5. The fourth-order valence-electron chi connectivity index (χ4n) is 2.77. The number of hydrogen-bond donors (Lipinski definition) is 1. The molecule has 1 aliphatic heterocycles. The third-order valence-corrected chi connectivity index (χ3v) is 3.89. The molecule has 0 saturated carbocycles. The minimum atomic E-state index is 0.432. The maximum Gasteiger partial charge on any atom is 0.151 e. The van der Waals surface area contributed by atoms with E-state index in [1.165, 1.54) is 11.3 Å². The number of piperazine rings is 1. The van der Waals surface area contributed by atoms with E-state index in [1.807, 2.05) is 0 Å². The SMILES string of the molecule is Cc1cccc(N2CCN(c3nccnc3CN)CC2)c1. The molecular formula is C16H21N5. The molecule has 0 atom stereocenters. The van der Waals surface area contributed by atoms with Crippen molar-refractivity contribution in [2.75, 3.05) is 36.0 Å². The van der Waals surface area contributed by atoms with Gasteiger partial charge in [0.15, 0.2) is 5.82 Å². The molecule has 0 spiro atoms. The topological polar surface area (TPSA) is 58.3 Å². The van der Waals surface area contributed by atoms with Gasteiger partial charge >= 0.3 is 0 Å². The molecule has 3 rings (SSSR count). The van der Waals surface area contributed by atoms with Crippen molar-refractivity contribution >= 4 is 11.5 Å². The summed E-state index contributed by atoms with van der Waals surface area (Å²) in [6, 6.07) is 8.67. The zero-order valence-electron chi connectivity index (χ0n) is 12.4. The van der Waals surface area contributed by atoms with Crippen LogP contribution >= 0.6 is 0 Å². The van der Waals surface area contributed by atoms with E-state index in [0.29, 0.717) is 6.54 Å². The summed E-state index contributed by atoms with van der Waals surface area (Å²) in [7, 11) is 0. The second kappa shape index (κ2) is 6.10. The van der Waals surface area contributed by atoms with Gasteiger partial charge in [-0.1, -0.05) is 12.1 Å². The predicted molar refractivity (Wildman–Crippen MR) is 85.5 cm³/mol. The van der Waals surface area contributed by atoms with E-state index in [2.05, 4.69) is 51.0 Å². The molecule has 0 aliphatic carbocycles. The smallest absolute Gasteiger partial charge is 0.151 e. The highest BCUT2D eigenvalue weighted by Crippen LogP contribution is 2.21. The van der Waals surface area contributed by atoms with Gasteiger partial charge in [-0.3, -0.25) is 4.98 Å². The molecule has 1 aromatic heterocycles. The second-order valence-corrected chi connectivity index (χ2v) is 5.34. The summed E-state index contributed by atoms with van der Waals surface area (Å²) in [5, 5.41) is 0. The molecule has 5 nitrogen and oxygen atoms in total. The Morgan fingerprint density at radius 2 is 1.76 bits per heavy atom. The monoisotopic (exact) mass is 283 g/mol. The van der Waals surface area contributed by atoms with Gasteiger partial charge in [-0.15, -0.1) is 0 Å². The van der Waals surface area contributed by atoms with Crippen molar-refractivity contribution in [3.05, 3.63) is 47.9 Å². The number of aromatic nitrogens is 2. The molecule has 0 amide bonds. The molecule has 5 heteroatoms. The van der Waals surface area contributed by atoms with Gasteiger partial charge in [-0.2, -0.15) is 0 Å². The van der Waals surface area contributed by atoms with Crippen molar-refractivity contribution in [1.82, 2.24) is 9.97 Å². The van der Waals surface area contributed by atoms with Crippen LogP contribution in [-0.2, 0) is 6.54 Å². The van der Waals surface area contributed by atoms with E-state index >= 15 is 0 Å². The van der Waals surface area contributed by atoms with E-state index in [1.54, 1.807) is 12.4 Å². The Balaban J connectivity index is 1.70. The van der Waals surface area contributed by atoms with Gasteiger partial charge in [0.1, 0.15) is 0 Å². The Labute approximate surface area is 125 Å². The highest BCUT2D eigenvalue weighted by Gasteiger charge is 2.20. The molecule has 2 N–H and O–H groups in total. The first-order valence-corrected chi connectivity index (χ1v) is 7.34. The lowest BCUT2D eigenvalue weighted by Crippen LogP contribution is -2.47. The molecule has 1 saturated heterocycles. The number of nitrogens with two attached hydrogens (primary N) is 1. The third-order valence-electron chi connectivity index (χ3n) is 3.89. The van der Waals surface area contributed by atoms with E-state index in [0.717, 1.165) is 37.7 Å². The van der Waals surface area contributed by atoms with E-state index in [4.69, 9.17) is 5.73 Å². The molecule has 1 aliphatic rings. The molecule has 0 bridgehead atoms. The normalized spacial score (nSPS) is 15.3. The average Bonchev–Trinajstić information content (AvgIpc) is 2.55. The Bertz CT molecular complexity index is 605. The van der Waals surface area contributed by atoms with Crippen LogP contribution in [0.25, 0.3) is 0 Å². The average molecular weight is 283 g/mol. The van der Waals surface area contributed by atoms with Gasteiger partial charge in [0, 0.05) is 50.8 Å². The zero-order valence-corrected chi connectivity index (χ0v) is 12.4. The van der Waals surface area contributed by atoms with Crippen LogP contribution < -0.4 is 15.5 Å². The second-order valence-electron chi connectivity index (χ2n) is 5.34. The van der Waals surface area contributed by atoms with Crippen molar-refractivity contribution < 1.29 is 0 Å². The van der Waals surface area contributed by atoms with Gasteiger partial charge in [0.05, 0.1) is 5.69 Å². The molecule has 21 heavy (non-hydrogen) atoms. The summed E-state index contributed by atoms with van der Waals surface area (Å²) < 4.78 is 0. The number of benzene rings is 1. The zero-order chi connectivity index (χ0) is 14.7. The number of rotatable bonds is 3. The lowest BCUT2D eigenvalue weighted by atomic mass is 10.2. The van der Waals surface area contributed by atoms with Crippen LogP contribution in [0.2, 0.25) is 0 Å². The summed E-state index contributed by atoms with van der Waals surface area (Å²) >= 11 is 0. The molecule has 2 aromatic rings. The number of anilines is 2. The van der Waals surface area contributed by atoms with Crippen molar-refractivity contribution in [2.45, 2.75) is 13.5 Å². The summed E-state index contributed by atoms with van der Waals surface area (Å²) in [4.78, 5) is 13.5. The molecule has 1 fully saturated rings. The lowest BCUT2D eigenvalue weighted by molar-refractivity contribution is 0.642. The maximum absolute atomic E-state index is 5.75. The number of aryl methyl sites for hydroxylation is 1. The first-order chi connectivity index (χ1) is 10.3. The summed E-state index contributed by atoms with van der Waals surface area (Å²) in [6.45, 7) is 6.43. The highest BCUT2D eigenvalue weighted by molar-refractivity contribution is 5.51. The van der Waals surface area contributed by atoms with E-state index in [-0.39, 0.29) is 0 Å². The third kappa shape index (κ3) is 2.97. The molecule has 2 heterocycles. The Kier molecular flexibility index (Phi) is 4.01. The van der Waals surface area contributed by atoms with Crippen molar-refractivity contribution in [3.63, 3.8) is 0 Å². The van der Waals surface area contributed by atoms with E-state index < -0.39 is 0 Å². The summed E-state index contributed by atoms with van der Waals surface area (Å²) in [5.74, 6) is 0.934. The van der Waals surface area contributed by atoms with Crippen LogP contribution in [0.4, 0.5) is 11.5 Å². The molecule has 0 radical (unpaired) electrons. The van der Waals surface area contributed by atoms with Gasteiger partial charge in [-0.05, 0) is 24.6 Å². The lowest BCUT2D eigenvalue weighted by Gasteiger charge is -2.37. The van der Waals surface area contributed by atoms with Crippen LogP contribution in [0.1, 0.15) is 11.3 Å². The molecule has 1 aromatic carbocycles. The van der Waals surface area contributed by atoms with Crippen molar-refractivity contribution in [3.8, 4) is 0 Å². The largest absolute Gasteiger partial charge is 0.368 e. The van der Waals surface area contributed by atoms with Crippen LogP contribution in [0.15, 0.2) is 36.7 Å². The Hall–Kier alpha value is -2.14. The van der Waals surface area contributed by atoms with Crippen molar-refractivity contribution in [2.24, 2.45) is 5.73 Å².